The Labute approximate surface area is 62.3 Å². The number of nitrogens with one attached hydrogen (secondary N) is 1. The lowest BCUT2D eigenvalue weighted by Gasteiger charge is -1.88. The van der Waals surface area contributed by atoms with Crippen LogP contribution in [0, 0.1) is 0 Å². The zero-order chi connectivity index (χ0) is 7.68. The molecule has 3 N–H and O–H groups in total. The van der Waals surface area contributed by atoms with E-state index in [-0.39, 0.29) is 0 Å². The Morgan fingerprint density at radius 2 is 2.45 bits per heavy atom. The summed E-state index contributed by atoms with van der Waals surface area (Å²) in [5, 5.41) is 0. The smallest absolute Gasteiger partial charge is 0.220 e. The van der Waals surface area contributed by atoms with Crippen LogP contribution in [0.4, 0.5) is 5.88 Å². The first kappa shape index (κ1) is 5.96. The summed E-state index contributed by atoms with van der Waals surface area (Å²) in [5.41, 5.74) is 6.81. The van der Waals surface area contributed by atoms with Crippen LogP contribution in [-0.4, -0.2) is 15.0 Å². The van der Waals surface area contributed by atoms with Gasteiger partial charge in [0.15, 0.2) is 12.1 Å². The molecular formula is C6H6N4O. The molecule has 0 aliphatic carbocycles. The molecule has 2 aromatic heterocycles. The average molecular weight is 150 g/mol. The first-order valence-corrected chi connectivity index (χ1v) is 3.05. The third-order valence-corrected chi connectivity index (χ3v) is 1.35. The molecular weight excluding hydrogens is 144 g/mol. The number of nitrogens with two attached hydrogens (primary N) is 1. The van der Waals surface area contributed by atoms with Crippen LogP contribution in [0.5, 0.6) is 0 Å². The van der Waals surface area contributed by atoms with Gasteiger partial charge in [0, 0.05) is 0 Å². The first-order chi connectivity index (χ1) is 5.38. The van der Waals surface area contributed by atoms with Gasteiger partial charge in [0.25, 0.3) is 0 Å². The van der Waals surface area contributed by atoms with Gasteiger partial charge in [-0.2, -0.15) is 0 Å². The fourth-order valence-corrected chi connectivity index (χ4v) is 0.843. The van der Waals surface area contributed by atoms with Crippen molar-refractivity contribution in [3.63, 3.8) is 0 Å². The van der Waals surface area contributed by atoms with Crippen molar-refractivity contribution in [1.29, 1.82) is 0 Å². The van der Waals surface area contributed by atoms with E-state index in [4.69, 9.17) is 10.2 Å². The highest BCUT2D eigenvalue weighted by Crippen LogP contribution is 2.20. The van der Waals surface area contributed by atoms with Crippen molar-refractivity contribution in [2.24, 2.45) is 0 Å². The number of oxazole rings is 1. The number of anilines is 1. The Bertz CT molecular complexity index is 337. The van der Waals surface area contributed by atoms with E-state index in [0.717, 1.165) is 5.69 Å². The molecule has 56 valence electrons. The first-order valence-electron chi connectivity index (χ1n) is 3.05. The van der Waals surface area contributed by atoms with E-state index in [2.05, 4.69) is 15.0 Å². The zero-order valence-corrected chi connectivity index (χ0v) is 5.61. The van der Waals surface area contributed by atoms with E-state index in [1.165, 1.54) is 6.39 Å². The maximum absolute atomic E-state index is 5.45. The second-order valence-electron chi connectivity index (χ2n) is 2.03. The van der Waals surface area contributed by atoms with Gasteiger partial charge in [-0.3, -0.25) is 0 Å². The molecule has 5 heteroatoms. The molecule has 2 heterocycles. The number of H-pyrrole nitrogens is 1. The van der Waals surface area contributed by atoms with Gasteiger partial charge in [0.1, 0.15) is 0 Å². The number of aromatic nitrogens is 3. The van der Waals surface area contributed by atoms with Gasteiger partial charge in [-0.05, 0) is 0 Å². The number of rotatable bonds is 1. The van der Waals surface area contributed by atoms with Gasteiger partial charge < -0.3 is 15.1 Å². The topological polar surface area (TPSA) is 80.7 Å². The maximum Gasteiger partial charge on any atom is 0.220 e. The van der Waals surface area contributed by atoms with Crippen LogP contribution in [0.3, 0.4) is 0 Å². The third-order valence-electron chi connectivity index (χ3n) is 1.35. The minimum atomic E-state index is 0.300. The molecule has 0 aliphatic heterocycles. The monoisotopic (exact) mass is 150 g/mol. The standard InChI is InChI=1S/C6H6N4O/c7-6-5(10-3-11-6)4-1-8-2-9-4/h1-3H,7H2,(H,8,9). The van der Waals surface area contributed by atoms with Crippen molar-refractivity contribution in [1.82, 2.24) is 15.0 Å². The number of hydrogen-bond acceptors (Lipinski definition) is 4. The second kappa shape index (κ2) is 2.12. The molecule has 0 fully saturated rings. The Balaban J connectivity index is 2.53. The minimum Gasteiger partial charge on any atom is -0.428 e. The Morgan fingerprint density at radius 1 is 1.55 bits per heavy atom. The number of imidazole rings is 1. The molecule has 11 heavy (non-hydrogen) atoms. The molecule has 0 aromatic carbocycles. The van der Waals surface area contributed by atoms with Crippen molar-refractivity contribution in [3.05, 3.63) is 18.9 Å². The van der Waals surface area contributed by atoms with Gasteiger partial charge in [0.2, 0.25) is 5.88 Å². The van der Waals surface area contributed by atoms with E-state index in [1.807, 2.05) is 0 Å². The van der Waals surface area contributed by atoms with Gasteiger partial charge >= 0.3 is 0 Å². The molecule has 2 rings (SSSR count). The molecule has 0 unspecified atom stereocenters. The summed E-state index contributed by atoms with van der Waals surface area (Å²) in [6.07, 6.45) is 4.49. The van der Waals surface area contributed by atoms with Gasteiger partial charge in [-0.15, -0.1) is 0 Å². The summed E-state index contributed by atoms with van der Waals surface area (Å²) in [4.78, 5) is 10.6. The predicted octanol–water partition coefficient (Wildman–Crippen LogP) is 0.647. The van der Waals surface area contributed by atoms with Crippen molar-refractivity contribution in [2.75, 3.05) is 5.73 Å². The lowest BCUT2D eigenvalue weighted by atomic mass is 10.3. The number of nitrogen functional groups attached to an aromatic ring is 1. The van der Waals surface area contributed by atoms with Gasteiger partial charge in [-0.25, -0.2) is 9.97 Å². The number of aromatic amines is 1. The van der Waals surface area contributed by atoms with Crippen molar-refractivity contribution in [2.45, 2.75) is 0 Å². The molecule has 0 bridgehead atoms. The van der Waals surface area contributed by atoms with Crippen molar-refractivity contribution in [3.8, 4) is 11.4 Å². The van der Waals surface area contributed by atoms with Gasteiger partial charge in [-0.1, -0.05) is 0 Å². The van der Waals surface area contributed by atoms with E-state index < -0.39 is 0 Å². The van der Waals surface area contributed by atoms with Crippen LogP contribution < -0.4 is 5.73 Å². The molecule has 0 saturated carbocycles. The highest BCUT2D eigenvalue weighted by Gasteiger charge is 2.06. The van der Waals surface area contributed by atoms with Crippen LogP contribution in [0.25, 0.3) is 11.4 Å². The van der Waals surface area contributed by atoms with E-state index in [1.54, 1.807) is 12.5 Å². The predicted molar refractivity (Wildman–Crippen MR) is 38.5 cm³/mol. The van der Waals surface area contributed by atoms with E-state index in [9.17, 15) is 0 Å². The van der Waals surface area contributed by atoms with Crippen LogP contribution in [0.15, 0.2) is 23.3 Å². The van der Waals surface area contributed by atoms with Crippen molar-refractivity contribution >= 4 is 5.88 Å². The Kier molecular flexibility index (Phi) is 1.15. The van der Waals surface area contributed by atoms with Crippen molar-refractivity contribution < 1.29 is 4.42 Å². The van der Waals surface area contributed by atoms with Crippen LogP contribution in [0.1, 0.15) is 0 Å². The van der Waals surface area contributed by atoms with Crippen LogP contribution >= 0.6 is 0 Å². The average Bonchev–Trinajstić information content (AvgIpc) is 2.55. The summed E-state index contributed by atoms with van der Waals surface area (Å²) < 4.78 is 4.81. The molecule has 0 spiro atoms. The highest BCUT2D eigenvalue weighted by atomic mass is 16.3. The van der Waals surface area contributed by atoms with Crippen LogP contribution in [-0.2, 0) is 0 Å². The Morgan fingerprint density at radius 3 is 3.00 bits per heavy atom. The summed E-state index contributed by atoms with van der Waals surface area (Å²) in [5.74, 6) is 0.300. The fourth-order valence-electron chi connectivity index (χ4n) is 0.843. The van der Waals surface area contributed by atoms with Gasteiger partial charge in [0.05, 0.1) is 18.2 Å². The number of hydrogen-bond donors (Lipinski definition) is 2. The molecule has 5 nitrogen and oxygen atoms in total. The molecule has 0 aliphatic rings. The summed E-state index contributed by atoms with van der Waals surface area (Å²) in [7, 11) is 0. The van der Waals surface area contributed by atoms with E-state index >= 15 is 0 Å². The lowest BCUT2D eigenvalue weighted by molar-refractivity contribution is 0.577. The zero-order valence-electron chi connectivity index (χ0n) is 5.61. The van der Waals surface area contributed by atoms with Crippen LogP contribution in [0.2, 0.25) is 0 Å². The largest absolute Gasteiger partial charge is 0.428 e. The second-order valence-corrected chi connectivity index (χ2v) is 2.03. The summed E-state index contributed by atoms with van der Waals surface area (Å²) in [6, 6.07) is 0. The number of nitrogens with zero attached hydrogens (tertiary/aromatic N) is 2. The molecule has 2 aromatic rings. The fraction of sp³-hybridized carbons (Fsp3) is 0. The SMILES string of the molecule is Nc1ocnc1-c1cnc[nH]1. The molecule has 0 amide bonds. The normalized spacial score (nSPS) is 10.2. The highest BCUT2D eigenvalue weighted by molar-refractivity contribution is 5.63. The lowest BCUT2D eigenvalue weighted by Crippen LogP contribution is -1.85. The minimum absolute atomic E-state index is 0.300. The summed E-state index contributed by atoms with van der Waals surface area (Å²) >= 11 is 0. The molecule has 0 radical (unpaired) electrons. The summed E-state index contributed by atoms with van der Waals surface area (Å²) in [6.45, 7) is 0. The molecule has 0 atom stereocenters. The quantitative estimate of drug-likeness (QED) is 0.625. The van der Waals surface area contributed by atoms with E-state index in [0.29, 0.717) is 11.6 Å². The maximum atomic E-state index is 5.45. The third kappa shape index (κ3) is 0.861. The Hall–Kier alpha value is -1.78. The molecule has 0 saturated heterocycles.